The Kier molecular flexibility index (Phi) is 6.43. The van der Waals surface area contributed by atoms with Gasteiger partial charge >= 0.3 is 12.1 Å². The molecule has 1 aliphatic carbocycles. The normalized spacial score (nSPS) is 18.2. The molecule has 1 fully saturated rings. The van der Waals surface area contributed by atoms with Gasteiger partial charge in [0, 0.05) is 24.9 Å². The van der Waals surface area contributed by atoms with E-state index in [-0.39, 0.29) is 21.9 Å². The van der Waals surface area contributed by atoms with Gasteiger partial charge in [0.15, 0.2) is 0 Å². The Hall–Kier alpha value is -2.83. The van der Waals surface area contributed by atoms with Crippen LogP contribution in [0.5, 0.6) is 0 Å². The average Bonchev–Trinajstić information content (AvgIpc) is 3.10. The number of alkyl halides is 2. The summed E-state index contributed by atoms with van der Waals surface area (Å²) in [4.78, 5) is 9.00. The van der Waals surface area contributed by atoms with Gasteiger partial charge in [0.25, 0.3) is 0 Å². The summed E-state index contributed by atoms with van der Waals surface area (Å²) in [6.07, 6.45) is -1.08. The predicted molar refractivity (Wildman–Crippen MR) is 108 cm³/mol. The quantitative estimate of drug-likeness (QED) is 0.479. The minimum atomic E-state index is -3.68. The van der Waals surface area contributed by atoms with Crippen LogP contribution in [0.25, 0.3) is 10.6 Å². The van der Waals surface area contributed by atoms with Crippen LogP contribution in [-0.4, -0.2) is 36.0 Å². The van der Waals surface area contributed by atoms with Gasteiger partial charge in [-0.1, -0.05) is 35.5 Å². The van der Waals surface area contributed by atoms with Crippen LogP contribution in [-0.2, 0) is 15.9 Å². The van der Waals surface area contributed by atoms with Gasteiger partial charge in [-0.2, -0.15) is 8.78 Å². The number of carboxylic acid groups (broad SMARTS) is 2. The summed E-state index contributed by atoms with van der Waals surface area (Å²) in [6.45, 7) is 0.713. The highest BCUT2D eigenvalue weighted by atomic mass is 32.2. The van der Waals surface area contributed by atoms with E-state index in [1.54, 1.807) is 0 Å². The number of hydrogen-bond donors (Lipinski definition) is 3. The number of thiophene rings is 1. The molecule has 0 unspecified atom stereocenters. The Morgan fingerprint density at radius 3 is 2.45 bits per heavy atom. The Morgan fingerprint density at radius 2 is 1.87 bits per heavy atom. The van der Waals surface area contributed by atoms with Gasteiger partial charge in [-0.15, -0.1) is 11.3 Å². The van der Waals surface area contributed by atoms with Crippen molar-refractivity contribution in [1.82, 2.24) is 9.88 Å². The number of hydrogen-bond acceptors (Lipinski definition) is 6. The lowest BCUT2D eigenvalue weighted by molar-refractivity contribution is -0.0105. The SMILES string of the molecule is CC(F)(F)c1cc(-c2ccc(S(=O)(=O)N[C@H]3C[C@@H]3c3ccccc3)s2)no1.O=C(O)O. The van der Waals surface area contributed by atoms with E-state index in [2.05, 4.69) is 14.4 Å². The average molecular weight is 472 g/mol. The summed E-state index contributed by atoms with van der Waals surface area (Å²) in [5.41, 5.74) is 1.29. The van der Waals surface area contributed by atoms with E-state index in [0.29, 0.717) is 11.8 Å². The summed E-state index contributed by atoms with van der Waals surface area (Å²) in [6, 6.07) is 13.7. The van der Waals surface area contributed by atoms with E-state index < -0.39 is 27.9 Å². The number of sulfonamides is 1. The molecule has 1 aromatic carbocycles. The topological polar surface area (TPSA) is 130 Å². The van der Waals surface area contributed by atoms with Crippen molar-refractivity contribution in [3.8, 4) is 10.6 Å². The van der Waals surface area contributed by atoms with Crippen molar-refractivity contribution in [2.24, 2.45) is 0 Å². The van der Waals surface area contributed by atoms with Crippen molar-refractivity contribution in [2.45, 2.75) is 35.4 Å². The van der Waals surface area contributed by atoms with Crippen LogP contribution in [0.2, 0.25) is 0 Å². The summed E-state index contributed by atoms with van der Waals surface area (Å²) in [5, 5.41) is 17.6. The van der Waals surface area contributed by atoms with Crippen molar-refractivity contribution < 1.29 is 36.7 Å². The zero-order valence-corrected chi connectivity index (χ0v) is 17.7. The van der Waals surface area contributed by atoms with Gasteiger partial charge in [-0.25, -0.2) is 17.9 Å². The third-order valence-corrected chi connectivity index (χ3v) is 7.46. The molecule has 0 radical (unpaired) electrons. The van der Waals surface area contributed by atoms with Crippen LogP contribution in [0.3, 0.4) is 0 Å². The number of nitrogens with zero attached hydrogens (tertiary/aromatic N) is 1. The fraction of sp³-hybridized carbons (Fsp3) is 0.263. The summed E-state index contributed by atoms with van der Waals surface area (Å²) in [5.74, 6) is -3.53. The number of carbonyl (C=O) groups is 1. The first-order chi connectivity index (χ1) is 14.5. The van der Waals surface area contributed by atoms with Crippen LogP contribution in [0, 0.1) is 0 Å². The molecule has 0 amide bonds. The van der Waals surface area contributed by atoms with Gasteiger partial charge in [0.05, 0.1) is 4.88 Å². The minimum Gasteiger partial charge on any atom is -0.450 e. The Bertz CT molecular complexity index is 1150. The predicted octanol–water partition coefficient (Wildman–Crippen LogP) is 4.57. The Balaban J connectivity index is 0.000000628. The van der Waals surface area contributed by atoms with E-state index in [9.17, 15) is 17.2 Å². The van der Waals surface area contributed by atoms with Crippen LogP contribution >= 0.6 is 11.3 Å². The fourth-order valence-electron chi connectivity index (χ4n) is 2.85. The molecule has 2 aromatic heterocycles. The van der Waals surface area contributed by atoms with Crippen LogP contribution < -0.4 is 4.72 Å². The van der Waals surface area contributed by atoms with Crippen molar-refractivity contribution in [3.05, 3.63) is 59.9 Å². The molecule has 0 saturated heterocycles. The molecule has 1 aliphatic rings. The van der Waals surface area contributed by atoms with E-state index in [0.717, 1.165) is 29.4 Å². The van der Waals surface area contributed by atoms with Crippen LogP contribution in [0.4, 0.5) is 13.6 Å². The van der Waals surface area contributed by atoms with Gasteiger partial charge in [0.2, 0.25) is 15.8 Å². The zero-order chi connectivity index (χ0) is 22.8. The summed E-state index contributed by atoms with van der Waals surface area (Å²) < 4.78 is 59.2. The van der Waals surface area contributed by atoms with Crippen molar-refractivity contribution in [3.63, 3.8) is 0 Å². The van der Waals surface area contributed by atoms with Crippen molar-refractivity contribution in [1.29, 1.82) is 0 Å². The van der Waals surface area contributed by atoms with E-state index in [1.807, 2.05) is 30.3 Å². The monoisotopic (exact) mass is 472 g/mol. The number of benzene rings is 1. The third-order valence-electron chi connectivity index (χ3n) is 4.37. The molecule has 1 saturated carbocycles. The molecular weight excluding hydrogens is 454 g/mol. The molecule has 0 spiro atoms. The largest absolute Gasteiger partial charge is 0.503 e. The van der Waals surface area contributed by atoms with E-state index in [1.165, 1.54) is 12.1 Å². The van der Waals surface area contributed by atoms with Crippen molar-refractivity contribution in [2.75, 3.05) is 0 Å². The molecule has 4 rings (SSSR count). The van der Waals surface area contributed by atoms with Gasteiger partial charge in [-0.05, 0) is 24.1 Å². The van der Waals surface area contributed by atoms with Gasteiger partial charge < -0.3 is 14.7 Å². The molecular formula is C19H18F2N2O6S2. The lowest BCUT2D eigenvalue weighted by Gasteiger charge is -2.04. The first-order valence-electron chi connectivity index (χ1n) is 8.92. The maximum Gasteiger partial charge on any atom is 0.503 e. The first-order valence-corrected chi connectivity index (χ1v) is 11.2. The summed E-state index contributed by atoms with van der Waals surface area (Å²) >= 11 is 0.966. The van der Waals surface area contributed by atoms with Gasteiger partial charge in [-0.3, -0.25) is 0 Å². The molecule has 3 N–H and O–H groups in total. The number of nitrogens with one attached hydrogen (secondary N) is 1. The number of rotatable bonds is 6. The van der Waals surface area contributed by atoms with Gasteiger partial charge in [0.1, 0.15) is 9.90 Å². The number of halogens is 2. The standard InChI is InChI=1S/C18H16F2N2O3S2.CH2O3/c1-18(19,20)16-10-14(21-25-16)15-7-8-17(26-15)27(23,24)22-13-9-12(13)11-5-3-2-4-6-11;2-1(3)4/h2-8,10,12-13,22H,9H2,1H3;(H2,2,3,4)/t12-,13+;/m1./s1. The molecule has 3 aromatic rings. The lowest BCUT2D eigenvalue weighted by Crippen LogP contribution is -2.26. The highest BCUT2D eigenvalue weighted by Crippen LogP contribution is 2.42. The van der Waals surface area contributed by atoms with E-state index in [4.69, 9.17) is 15.0 Å². The van der Waals surface area contributed by atoms with E-state index >= 15 is 0 Å². The minimum absolute atomic E-state index is 0.115. The molecule has 2 heterocycles. The molecule has 12 heteroatoms. The molecule has 166 valence electrons. The fourth-order valence-corrected chi connectivity index (χ4v) is 5.42. The lowest BCUT2D eigenvalue weighted by atomic mass is 10.1. The third kappa shape index (κ3) is 5.87. The highest BCUT2D eigenvalue weighted by molar-refractivity contribution is 7.91. The first kappa shape index (κ1) is 22.8. The summed E-state index contributed by atoms with van der Waals surface area (Å²) in [7, 11) is -3.68. The van der Waals surface area contributed by atoms with Crippen LogP contribution in [0.1, 0.15) is 30.6 Å². The molecule has 31 heavy (non-hydrogen) atoms. The smallest absolute Gasteiger partial charge is 0.450 e. The maximum absolute atomic E-state index is 13.3. The molecule has 2 atom stereocenters. The number of aromatic nitrogens is 1. The zero-order valence-electron chi connectivity index (χ0n) is 16.0. The maximum atomic E-state index is 13.3. The molecule has 0 aliphatic heterocycles. The molecule has 0 bridgehead atoms. The Labute approximate surface area is 180 Å². The second kappa shape index (κ2) is 8.73. The van der Waals surface area contributed by atoms with Crippen molar-refractivity contribution >= 4 is 27.5 Å². The second-order valence-corrected chi connectivity index (χ2v) is 9.87. The molecule has 8 nitrogen and oxygen atoms in total. The second-order valence-electron chi connectivity index (χ2n) is 6.85. The van der Waals surface area contributed by atoms with Crippen LogP contribution in [0.15, 0.2) is 57.3 Å². The highest BCUT2D eigenvalue weighted by Gasteiger charge is 2.41. The Morgan fingerprint density at radius 1 is 1.23 bits per heavy atom.